The first-order valence-corrected chi connectivity index (χ1v) is 3.33. The zero-order valence-corrected chi connectivity index (χ0v) is 6.60. The maximum Gasteiger partial charge on any atom is 0.383 e. The average Bonchev–Trinajstić information content (AvgIpc) is 1.86. The molecule has 0 bridgehead atoms. The van der Waals surface area contributed by atoms with E-state index in [0.29, 0.717) is 0 Å². The fourth-order valence-electron chi connectivity index (χ4n) is 0.485. The van der Waals surface area contributed by atoms with Gasteiger partial charge in [0.25, 0.3) is 0 Å². The summed E-state index contributed by atoms with van der Waals surface area (Å²) in [6.45, 7) is 3.18. The van der Waals surface area contributed by atoms with Crippen LogP contribution in [0.25, 0.3) is 0 Å². The Labute approximate surface area is 65.0 Å². The minimum Gasteiger partial charge on any atom is -0.420 e. The van der Waals surface area contributed by atoms with Crippen LogP contribution in [0.3, 0.4) is 0 Å². The molecule has 0 fully saturated rings. The molecule has 0 radical (unpaired) electrons. The fourth-order valence-corrected chi connectivity index (χ4v) is 0.485. The predicted molar refractivity (Wildman–Crippen MR) is 40.0 cm³/mol. The summed E-state index contributed by atoms with van der Waals surface area (Å²) < 4.78 is 16.8. The molecule has 0 aliphatic carbocycles. The third kappa shape index (κ3) is 4.50. The van der Waals surface area contributed by atoms with Crippen molar-refractivity contribution in [2.75, 3.05) is 0 Å². The van der Waals surface area contributed by atoms with E-state index in [1.54, 1.807) is 13.8 Å². The van der Waals surface area contributed by atoms with E-state index < -0.39 is 6.04 Å². The second-order valence-corrected chi connectivity index (χ2v) is 1.99. The molecular formula is C7H12FNO2. The van der Waals surface area contributed by atoms with Crippen LogP contribution in [0, 0.1) is 5.41 Å². The van der Waals surface area contributed by atoms with Gasteiger partial charge in [-0.15, -0.1) is 0 Å². The third-order valence-corrected chi connectivity index (χ3v) is 0.960. The number of rotatable bonds is 3. The van der Waals surface area contributed by atoms with Crippen LogP contribution in [0.2, 0.25) is 0 Å². The van der Waals surface area contributed by atoms with Crippen molar-refractivity contribution in [2.24, 2.45) is 0 Å². The van der Waals surface area contributed by atoms with Gasteiger partial charge in [0.05, 0.1) is 0 Å². The summed E-state index contributed by atoms with van der Waals surface area (Å²) in [6.07, 6.45) is 2.39. The number of halogens is 1. The molecule has 1 unspecified atom stereocenters. The Bertz CT molecular complexity index is 166. The van der Waals surface area contributed by atoms with Crippen LogP contribution in [0.4, 0.5) is 4.39 Å². The highest BCUT2D eigenvalue weighted by molar-refractivity contribution is 5.72. The number of alkyl halides is 1. The summed E-state index contributed by atoms with van der Waals surface area (Å²) in [5, 5.41) is 15.6. The van der Waals surface area contributed by atoms with Gasteiger partial charge in [0.1, 0.15) is 0 Å². The summed E-state index contributed by atoms with van der Waals surface area (Å²) in [5.74, 6) is -0.284. The first-order valence-electron chi connectivity index (χ1n) is 3.33. The van der Waals surface area contributed by atoms with Gasteiger partial charge in [0, 0.05) is 12.5 Å². The van der Waals surface area contributed by atoms with E-state index in [2.05, 4.69) is 4.74 Å². The molecule has 0 amide bonds. The molecule has 0 heterocycles. The zero-order valence-electron chi connectivity index (χ0n) is 6.60. The molecule has 0 aromatic carbocycles. The number of aliphatic hydroxyl groups is 1. The molecule has 11 heavy (non-hydrogen) atoms. The molecule has 0 aliphatic rings. The van der Waals surface area contributed by atoms with Crippen LogP contribution in [-0.4, -0.2) is 17.0 Å². The minimum atomic E-state index is -2.83. The smallest absolute Gasteiger partial charge is 0.383 e. The summed E-state index contributed by atoms with van der Waals surface area (Å²) in [7, 11) is 0. The predicted octanol–water partition coefficient (Wildman–Crippen LogP) is 1.58. The fraction of sp³-hybridized carbons (Fsp3) is 0.571. The van der Waals surface area contributed by atoms with Crippen LogP contribution in [0.5, 0.6) is 0 Å². The molecule has 0 spiro atoms. The van der Waals surface area contributed by atoms with Crippen molar-refractivity contribution in [2.45, 2.75) is 26.3 Å². The van der Waals surface area contributed by atoms with Crippen molar-refractivity contribution in [1.29, 1.82) is 5.41 Å². The normalized spacial score (nSPS) is 16.4. The number of hydrogen-bond acceptors (Lipinski definition) is 3. The third-order valence-electron chi connectivity index (χ3n) is 0.960. The van der Waals surface area contributed by atoms with E-state index in [-0.39, 0.29) is 12.3 Å². The number of nitrogens with one attached hydrogen (secondary N) is 1. The second kappa shape index (κ2) is 4.08. The topological polar surface area (TPSA) is 53.3 Å². The highest BCUT2D eigenvalue weighted by atomic mass is 19.2. The second-order valence-electron chi connectivity index (χ2n) is 1.99. The maximum absolute atomic E-state index is 12.6. The Balaban J connectivity index is 4.01. The summed E-state index contributed by atoms with van der Waals surface area (Å²) in [5.41, 5.74) is 0. The van der Waals surface area contributed by atoms with Gasteiger partial charge < -0.3 is 9.84 Å². The van der Waals surface area contributed by atoms with E-state index >= 15 is 0 Å². The molecule has 0 rings (SSSR count). The lowest BCUT2D eigenvalue weighted by molar-refractivity contribution is -0.207. The van der Waals surface area contributed by atoms with Crippen LogP contribution in [0.15, 0.2) is 12.2 Å². The number of hydrogen-bond donors (Lipinski definition) is 2. The molecule has 64 valence electrons. The lowest BCUT2D eigenvalue weighted by Crippen LogP contribution is -2.26. The average molecular weight is 161 g/mol. The van der Waals surface area contributed by atoms with Gasteiger partial charge in [-0.3, -0.25) is 5.41 Å². The standard InChI is InChI=1S/C7H12FNO2/c1-3-5-7(8,10)11-6(9)4-2/h3,5,9-10H,4H2,1-2H3/b5-3+,9-6?. The van der Waals surface area contributed by atoms with E-state index in [4.69, 9.17) is 10.5 Å². The molecule has 0 aromatic rings. The summed E-state index contributed by atoms with van der Waals surface area (Å²) in [6, 6.07) is -2.83. The maximum atomic E-state index is 12.6. The lowest BCUT2D eigenvalue weighted by Gasteiger charge is -2.15. The van der Waals surface area contributed by atoms with E-state index in [1.807, 2.05) is 0 Å². The Hall–Kier alpha value is -0.900. The van der Waals surface area contributed by atoms with Crippen LogP contribution in [-0.2, 0) is 4.74 Å². The van der Waals surface area contributed by atoms with Gasteiger partial charge in [-0.1, -0.05) is 13.0 Å². The SMILES string of the molecule is C/C=C/C(O)(F)OC(=N)CC. The van der Waals surface area contributed by atoms with E-state index in [9.17, 15) is 4.39 Å². The number of ether oxygens (including phenoxy) is 1. The number of allylic oxidation sites excluding steroid dienone is 1. The van der Waals surface area contributed by atoms with Crippen LogP contribution in [0.1, 0.15) is 20.3 Å². The van der Waals surface area contributed by atoms with Crippen LogP contribution >= 0.6 is 0 Å². The van der Waals surface area contributed by atoms with Gasteiger partial charge in [-0.05, 0) is 6.92 Å². The lowest BCUT2D eigenvalue weighted by atomic mass is 10.4. The zero-order chi connectivity index (χ0) is 8.91. The molecule has 0 saturated carbocycles. The van der Waals surface area contributed by atoms with Crippen molar-refractivity contribution in [3.63, 3.8) is 0 Å². The Morgan fingerprint density at radius 2 is 2.36 bits per heavy atom. The first kappa shape index (κ1) is 10.1. The van der Waals surface area contributed by atoms with Crippen molar-refractivity contribution < 1.29 is 14.2 Å². The van der Waals surface area contributed by atoms with Crippen molar-refractivity contribution in [3.8, 4) is 0 Å². The van der Waals surface area contributed by atoms with E-state index in [0.717, 1.165) is 6.08 Å². The molecule has 0 aliphatic heterocycles. The van der Waals surface area contributed by atoms with Crippen molar-refractivity contribution in [3.05, 3.63) is 12.2 Å². The molecule has 2 N–H and O–H groups in total. The van der Waals surface area contributed by atoms with Crippen LogP contribution < -0.4 is 0 Å². The first-order chi connectivity index (χ1) is 5.02. The molecule has 1 atom stereocenters. The quantitative estimate of drug-likeness (QED) is 0.286. The van der Waals surface area contributed by atoms with Gasteiger partial charge in [-0.25, -0.2) is 0 Å². The largest absolute Gasteiger partial charge is 0.420 e. The van der Waals surface area contributed by atoms with Crippen molar-refractivity contribution >= 4 is 5.90 Å². The highest BCUT2D eigenvalue weighted by Crippen LogP contribution is 2.11. The Morgan fingerprint density at radius 3 is 2.73 bits per heavy atom. The molecular weight excluding hydrogens is 149 g/mol. The highest BCUT2D eigenvalue weighted by Gasteiger charge is 2.24. The summed E-state index contributed by atoms with van der Waals surface area (Å²) >= 11 is 0. The molecule has 0 saturated heterocycles. The molecule has 3 nitrogen and oxygen atoms in total. The minimum absolute atomic E-state index is 0.254. The monoisotopic (exact) mass is 161 g/mol. The van der Waals surface area contributed by atoms with Crippen molar-refractivity contribution in [1.82, 2.24) is 0 Å². The molecule has 4 heteroatoms. The molecule has 0 aromatic heterocycles. The van der Waals surface area contributed by atoms with Gasteiger partial charge in [-0.2, -0.15) is 4.39 Å². The summed E-state index contributed by atoms with van der Waals surface area (Å²) in [4.78, 5) is 0. The Morgan fingerprint density at radius 1 is 1.82 bits per heavy atom. The van der Waals surface area contributed by atoms with Gasteiger partial charge in [0.15, 0.2) is 5.90 Å². The Kier molecular flexibility index (Phi) is 3.74. The van der Waals surface area contributed by atoms with E-state index in [1.165, 1.54) is 6.08 Å². The van der Waals surface area contributed by atoms with Gasteiger partial charge >= 0.3 is 6.04 Å². The van der Waals surface area contributed by atoms with Gasteiger partial charge in [0.2, 0.25) is 0 Å².